The van der Waals surface area contributed by atoms with Gasteiger partial charge in [0.05, 0.1) is 23.7 Å². The smallest absolute Gasteiger partial charge is 0.227 e. The third-order valence-corrected chi connectivity index (χ3v) is 6.81. The molecule has 8 heteroatoms. The summed E-state index contributed by atoms with van der Waals surface area (Å²) in [5.74, 6) is 1.75. The van der Waals surface area contributed by atoms with E-state index in [0.29, 0.717) is 74.8 Å². The number of fused-ring (bicyclic) bond motifs is 2. The predicted molar refractivity (Wildman–Crippen MR) is 127 cm³/mol. The van der Waals surface area contributed by atoms with Gasteiger partial charge in [0.2, 0.25) is 11.8 Å². The predicted octanol–water partition coefficient (Wildman–Crippen LogP) is 3.90. The highest BCUT2D eigenvalue weighted by atomic mass is 16.6. The Bertz CT molecular complexity index is 1190. The highest BCUT2D eigenvalue weighted by Gasteiger charge is 2.35. The number of aryl methyl sites for hydroxylation is 1. The van der Waals surface area contributed by atoms with Gasteiger partial charge >= 0.3 is 0 Å². The third-order valence-electron chi connectivity index (χ3n) is 6.81. The lowest BCUT2D eigenvalue weighted by atomic mass is 9.76. The summed E-state index contributed by atoms with van der Waals surface area (Å²) in [5, 5.41) is 14.2. The van der Waals surface area contributed by atoms with E-state index in [4.69, 9.17) is 14.2 Å². The zero-order chi connectivity index (χ0) is 23.5. The first kappa shape index (κ1) is 22.4. The van der Waals surface area contributed by atoms with Crippen molar-refractivity contribution in [2.45, 2.75) is 44.1 Å². The second-order valence-corrected chi connectivity index (χ2v) is 9.04. The minimum absolute atomic E-state index is 0.0184. The number of anilines is 1. The summed E-state index contributed by atoms with van der Waals surface area (Å²) in [5.41, 5.74) is 2.56. The largest absolute Gasteiger partial charge is 0.486 e. The lowest BCUT2D eigenvalue weighted by Crippen LogP contribution is -2.38. The van der Waals surface area contributed by atoms with Crippen LogP contribution in [0.2, 0.25) is 0 Å². The van der Waals surface area contributed by atoms with Crippen LogP contribution in [0.1, 0.15) is 37.7 Å². The molecular weight excluding hydrogens is 434 g/mol. The topological polar surface area (TPSA) is 103 Å². The molecule has 0 bridgehead atoms. The van der Waals surface area contributed by atoms with Crippen molar-refractivity contribution in [1.82, 2.24) is 9.97 Å². The Hall–Kier alpha value is -3.39. The molecule has 34 heavy (non-hydrogen) atoms. The standard InChI is InChI=1S/C26H29N3O5/c1-32-23-5-3-20-24(29-23)17(9-13-27-20)6-10-26(31)11-7-18(8-12-26)25(30)28-19-2-4-21-22(16-19)34-15-14-33-21/h2-5,9,13,16,18,31H,6-8,10-12,14-15H2,1H3,(H,28,30)/t18-,26+. The zero-order valence-electron chi connectivity index (χ0n) is 19.3. The molecule has 1 fully saturated rings. The van der Waals surface area contributed by atoms with Crippen molar-refractivity contribution in [2.75, 3.05) is 25.6 Å². The number of rotatable bonds is 6. The van der Waals surface area contributed by atoms with Crippen LogP contribution in [0.25, 0.3) is 11.0 Å². The van der Waals surface area contributed by atoms with E-state index in [0.717, 1.165) is 16.6 Å². The fourth-order valence-corrected chi connectivity index (χ4v) is 4.78. The van der Waals surface area contributed by atoms with Gasteiger partial charge in [-0.1, -0.05) is 0 Å². The molecule has 1 aliphatic carbocycles. The summed E-state index contributed by atoms with van der Waals surface area (Å²) in [6.07, 6.45) is 5.55. The summed E-state index contributed by atoms with van der Waals surface area (Å²) >= 11 is 0. The molecule has 0 spiro atoms. The number of carbonyl (C=O) groups excluding carboxylic acids is 1. The lowest BCUT2D eigenvalue weighted by Gasteiger charge is -2.35. The molecule has 3 aromatic rings. The number of nitrogens with one attached hydrogen (secondary N) is 1. The van der Waals surface area contributed by atoms with Gasteiger partial charge in [0.1, 0.15) is 13.2 Å². The van der Waals surface area contributed by atoms with E-state index in [1.807, 2.05) is 24.3 Å². The molecule has 2 N–H and O–H groups in total. The van der Waals surface area contributed by atoms with E-state index < -0.39 is 5.60 Å². The molecule has 0 unspecified atom stereocenters. The van der Waals surface area contributed by atoms with Crippen molar-refractivity contribution in [2.24, 2.45) is 5.92 Å². The molecule has 2 aromatic heterocycles. The second-order valence-electron chi connectivity index (χ2n) is 9.04. The van der Waals surface area contributed by atoms with Crippen molar-refractivity contribution >= 4 is 22.6 Å². The number of ether oxygens (including phenoxy) is 3. The van der Waals surface area contributed by atoms with Crippen LogP contribution in [-0.4, -0.2) is 46.9 Å². The number of carbonyl (C=O) groups is 1. The zero-order valence-corrected chi connectivity index (χ0v) is 19.3. The molecule has 0 radical (unpaired) electrons. The van der Waals surface area contributed by atoms with Crippen LogP contribution >= 0.6 is 0 Å². The summed E-state index contributed by atoms with van der Waals surface area (Å²) in [6, 6.07) is 11.1. The van der Waals surface area contributed by atoms with Crippen LogP contribution in [0.15, 0.2) is 42.6 Å². The Morgan fingerprint density at radius 1 is 1.15 bits per heavy atom. The van der Waals surface area contributed by atoms with Gasteiger partial charge in [-0.2, -0.15) is 0 Å². The van der Waals surface area contributed by atoms with Gasteiger partial charge in [-0.3, -0.25) is 9.78 Å². The number of hydrogen-bond donors (Lipinski definition) is 2. The highest BCUT2D eigenvalue weighted by molar-refractivity contribution is 5.93. The number of pyridine rings is 2. The molecule has 1 amide bonds. The number of amides is 1. The second kappa shape index (κ2) is 9.46. The SMILES string of the molecule is COc1ccc2nccc(CC[C@]3(O)CC[C@@H](C(=O)Nc4ccc5c(c4)OCCO5)CC3)c2n1. The van der Waals surface area contributed by atoms with Crippen molar-refractivity contribution in [3.8, 4) is 17.4 Å². The van der Waals surface area contributed by atoms with Crippen molar-refractivity contribution < 1.29 is 24.1 Å². The van der Waals surface area contributed by atoms with Crippen LogP contribution < -0.4 is 19.5 Å². The van der Waals surface area contributed by atoms with E-state index in [-0.39, 0.29) is 11.8 Å². The minimum atomic E-state index is -0.789. The number of hydrogen-bond acceptors (Lipinski definition) is 7. The molecule has 2 aliphatic rings. The van der Waals surface area contributed by atoms with Crippen LogP contribution in [0.3, 0.4) is 0 Å². The van der Waals surface area contributed by atoms with Crippen LogP contribution in [0.5, 0.6) is 17.4 Å². The summed E-state index contributed by atoms with van der Waals surface area (Å²) in [6.45, 7) is 1.04. The number of aromatic nitrogens is 2. The first-order chi connectivity index (χ1) is 16.5. The van der Waals surface area contributed by atoms with Crippen molar-refractivity contribution in [3.05, 3.63) is 48.2 Å². The summed E-state index contributed by atoms with van der Waals surface area (Å²) < 4.78 is 16.4. The molecule has 178 valence electrons. The quantitative estimate of drug-likeness (QED) is 0.571. The van der Waals surface area contributed by atoms with Crippen LogP contribution in [-0.2, 0) is 11.2 Å². The van der Waals surface area contributed by atoms with Crippen LogP contribution in [0.4, 0.5) is 5.69 Å². The average Bonchev–Trinajstić information content (AvgIpc) is 2.87. The summed E-state index contributed by atoms with van der Waals surface area (Å²) in [7, 11) is 1.59. The average molecular weight is 464 g/mol. The monoisotopic (exact) mass is 463 g/mol. The van der Waals surface area contributed by atoms with E-state index in [1.54, 1.807) is 25.4 Å². The van der Waals surface area contributed by atoms with Crippen molar-refractivity contribution in [3.63, 3.8) is 0 Å². The first-order valence-corrected chi connectivity index (χ1v) is 11.7. The maximum atomic E-state index is 12.8. The van der Waals surface area contributed by atoms with E-state index in [2.05, 4.69) is 15.3 Å². The molecule has 8 nitrogen and oxygen atoms in total. The third kappa shape index (κ3) is 4.77. The van der Waals surface area contributed by atoms with E-state index in [9.17, 15) is 9.90 Å². The van der Waals surface area contributed by atoms with E-state index in [1.165, 1.54) is 0 Å². The molecular formula is C26H29N3O5. The fraction of sp³-hybridized carbons (Fsp3) is 0.423. The normalized spacial score (nSPS) is 21.8. The van der Waals surface area contributed by atoms with Gasteiger partial charge in [-0.15, -0.1) is 0 Å². The number of aliphatic hydroxyl groups is 1. The molecule has 0 atom stereocenters. The van der Waals surface area contributed by atoms with Gasteiger partial charge in [0.25, 0.3) is 0 Å². The highest BCUT2D eigenvalue weighted by Crippen LogP contribution is 2.37. The van der Waals surface area contributed by atoms with Gasteiger partial charge in [-0.25, -0.2) is 4.98 Å². The molecule has 1 aliphatic heterocycles. The van der Waals surface area contributed by atoms with Gasteiger partial charge in [-0.05, 0) is 68.4 Å². The maximum Gasteiger partial charge on any atom is 0.227 e. The molecule has 3 heterocycles. The molecule has 1 saturated carbocycles. The Balaban J connectivity index is 1.18. The molecule has 0 saturated heterocycles. The number of nitrogens with zero attached hydrogens (tertiary/aromatic N) is 2. The van der Waals surface area contributed by atoms with Crippen LogP contribution in [0, 0.1) is 5.92 Å². The number of benzene rings is 1. The summed E-state index contributed by atoms with van der Waals surface area (Å²) in [4.78, 5) is 21.8. The number of methoxy groups -OCH3 is 1. The maximum absolute atomic E-state index is 12.8. The Morgan fingerprint density at radius 3 is 2.74 bits per heavy atom. The molecule has 1 aromatic carbocycles. The lowest BCUT2D eigenvalue weighted by molar-refractivity contribution is -0.122. The van der Waals surface area contributed by atoms with Crippen molar-refractivity contribution in [1.29, 1.82) is 0 Å². The minimum Gasteiger partial charge on any atom is -0.486 e. The fourth-order valence-electron chi connectivity index (χ4n) is 4.78. The molecule has 5 rings (SSSR count). The van der Waals surface area contributed by atoms with E-state index >= 15 is 0 Å². The van der Waals surface area contributed by atoms with Gasteiger partial charge in [0, 0.05) is 29.9 Å². The van der Waals surface area contributed by atoms with Gasteiger partial charge < -0.3 is 24.6 Å². The Labute approximate surface area is 198 Å². The van der Waals surface area contributed by atoms with Gasteiger partial charge in [0.15, 0.2) is 11.5 Å². The Morgan fingerprint density at radius 2 is 1.94 bits per heavy atom. The first-order valence-electron chi connectivity index (χ1n) is 11.7. The Kier molecular flexibility index (Phi) is 6.24.